The lowest BCUT2D eigenvalue weighted by Gasteiger charge is -2.30. The summed E-state index contributed by atoms with van der Waals surface area (Å²) in [6.07, 6.45) is 3.54. The zero-order chi connectivity index (χ0) is 22.3. The first-order valence-electron chi connectivity index (χ1n) is 10.00. The third-order valence-electron chi connectivity index (χ3n) is 5.38. The van der Waals surface area contributed by atoms with Crippen molar-refractivity contribution < 1.29 is 9.59 Å². The highest BCUT2D eigenvalue weighted by Gasteiger charge is 2.35. The van der Waals surface area contributed by atoms with Gasteiger partial charge in [0.25, 0.3) is 11.8 Å². The molecular weight excluding hydrogens is 406 g/mol. The number of carbonyl (C=O) groups excluding carboxylic acids is 2. The highest BCUT2D eigenvalue weighted by atomic mass is 32.1. The molecule has 2 heterocycles. The van der Waals surface area contributed by atoms with Gasteiger partial charge >= 0.3 is 0 Å². The summed E-state index contributed by atoms with van der Waals surface area (Å²) in [5.74, 6) is -0.932. The van der Waals surface area contributed by atoms with Crippen molar-refractivity contribution >= 4 is 40.9 Å². The van der Waals surface area contributed by atoms with Crippen LogP contribution in [0.3, 0.4) is 0 Å². The van der Waals surface area contributed by atoms with Crippen LogP contribution in [0.15, 0.2) is 60.3 Å². The van der Waals surface area contributed by atoms with Crippen molar-refractivity contribution in [2.45, 2.75) is 27.7 Å². The minimum Gasteiger partial charge on any atom is -0.317 e. The van der Waals surface area contributed by atoms with Gasteiger partial charge in [0.1, 0.15) is 5.57 Å². The minimum atomic E-state index is -0.496. The molecule has 1 aliphatic heterocycles. The molecule has 156 valence electrons. The van der Waals surface area contributed by atoms with Gasteiger partial charge in [0.15, 0.2) is 5.11 Å². The predicted molar refractivity (Wildman–Crippen MR) is 127 cm³/mol. The molecule has 1 N–H and O–H groups in total. The summed E-state index contributed by atoms with van der Waals surface area (Å²) in [7, 11) is 0. The van der Waals surface area contributed by atoms with E-state index in [1.54, 1.807) is 6.08 Å². The molecule has 1 aliphatic rings. The summed E-state index contributed by atoms with van der Waals surface area (Å²) in [4.78, 5) is 27.5. The van der Waals surface area contributed by atoms with Crippen molar-refractivity contribution in [3.8, 4) is 5.69 Å². The number of carbonyl (C=O) groups is 2. The van der Waals surface area contributed by atoms with Gasteiger partial charge in [0.2, 0.25) is 0 Å². The van der Waals surface area contributed by atoms with E-state index in [-0.39, 0.29) is 10.7 Å². The van der Waals surface area contributed by atoms with Crippen LogP contribution in [0.1, 0.15) is 27.9 Å². The molecular formula is C25H23N3O2S. The Morgan fingerprint density at radius 2 is 1.48 bits per heavy atom. The number of hydrogen-bond donors (Lipinski definition) is 1. The predicted octanol–water partition coefficient (Wildman–Crippen LogP) is 4.54. The quantitative estimate of drug-likeness (QED) is 0.378. The van der Waals surface area contributed by atoms with Crippen molar-refractivity contribution in [1.29, 1.82) is 0 Å². The van der Waals surface area contributed by atoms with Gasteiger partial charge in [-0.15, -0.1) is 0 Å². The van der Waals surface area contributed by atoms with Crippen molar-refractivity contribution in [1.82, 2.24) is 9.88 Å². The Labute approximate surface area is 187 Å². The lowest BCUT2D eigenvalue weighted by Crippen LogP contribution is -2.54. The van der Waals surface area contributed by atoms with Crippen LogP contribution in [0, 0.1) is 27.7 Å². The van der Waals surface area contributed by atoms with E-state index in [1.807, 2.05) is 80.9 Å². The average molecular weight is 430 g/mol. The molecule has 1 saturated heterocycles. The number of aromatic nitrogens is 1. The van der Waals surface area contributed by atoms with Crippen LogP contribution in [-0.2, 0) is 9.59 Å². The monoisotopic (exact) mass is 429 g/mol. The topological polar surface area (TPSA) is 54.3 Å². The summed E-state index contributed by atoms with van der Waals surface area (Å²) < 4.78 is 1.97. The average Bonchev–Trinajstić information content (AvgIpc) is 3.14. The van der Waals surface area contributed by atoms with E-state index >= 15 is 0 Å². The molecule has 0 saturated carbocycles. The Balaban J connectivity index is 1.78. The normalized spacial score (nSPS) is 15.5. The Bertz CT molecular complexity index is 1270. The van der Waals surface area contributed by atoms with Crippen molar-refractivity contribution in [2.75, 3.05) is 4.90 Å². The van der Waals surface area contributed by atoms with Crippen LogP contribution < -0.4 is 10.2 Å². The van der Waals surface area contributed by atoms with Crippen molar-refractivity contribution in [3.63, 3.8) is 0 Å². The van der Waals surface area contributed by atoms with E-state index in [9.17, 15) is 9.59 Å². The fourth-order valence-electron chi connectivity index (χ4n) is 3.89. The second kappa shape index (κ2) is 7.96. The van der Waals surface area contributed by atoms with Crippen LogP contribution in [0.25, 0.3) is 11.8 Å². The molecule has 0 spiro atoms. The summed E-state index contributed by atoms with van der Waals surface area (Å²) in [6.45, 7) is 7.99. The number of rotatable bonds is 3. The number of amides is 2. The number of thiocarbonyl (C=S) groups is 1. The molecule has 0 atom stereocenters. The SMILES string of the molecule is Cc1ccc(N2C(=O)C(=Cc3cccn3-c3ccc(C)cc3C)C(=O)NC2=S)c(C)c1. The lowest BCUT2D eigenvalue weighted by molar-refractivity contribution is -0.122. The zero-order valence-corrected chi connectivity index (χ0v) is 18.7. The molecule has 3 aromatic rings. The maximum absolute atomic E-state index is 13.4. The van der Waals surface area contributed by atoms with Crippen LogP contribution in [-0.4, -0.2) is 21.5 Å². The van der Waals surface area contributed by atoms with Crippen LogP contribution in [0.5, 0.6) is 0 Å². The van der Waals surface area contributed by atoms with Gasteiger partial charge in [-0.3, -0.25) is 19.8 Å². The summed E-state index contributed by atoms with van der Waals surface area (Å²) in [6, 6.07) is 15.7. The fourth-order valence-corrected chi connectivity index (χ4v) is 4.16. The number of nitrogens with zero attached hydrogens (tertiary/aromatic N) is 2. The smallest absolute Gasteiger partial charge is 0.270 e. The molecule has 1 fully saturated rings. The van der Waals surface area contributed by atoms with E-state index in [4.69, 9.17) is 12.2 Å². The van der Waals surface area contributed by atoms with E-state index in [0.29, 0.717) is 5.69 Å². The Kier molecular flexibility index (Phi) is 5.33. The molecule has 0 bridgehead atoms. The van der Waals surface area contributed by atoms with Crippen molar-refractivity contribution in [3.05, 3.63) is 88.2 Å². The molecule has 0 radical (unpaired) electrons. The second-order valence-electron chi connectivity index (χ2n) is 7.84. The number of aryl methyl sites for hydroxylation is 4. The molecule has 2 aromatic carbocycles. The molecule has 2 amide bonds. The number of benzene rings is 2. The van der Waals surface area contributed by atoms with Gasteiger partial charge in [-0.1, -0.05) is 35.4 Å². The molecule has 1 aromatic heterocycles. The van der Waals surface area contributed by atoms with Gasteiger partial charge in [0.05, 0.1) is 5.69 Å². The summed E-state index contributed by atoms with van der Waals surface area (Å²) >= 11 is 5.33. The van der Waals surface area contributed by atoms with Gasteiger partial charge < -0.3 is 4.57 Å². The van der Waals surface area contributed by atoms with E-state index in [0.717, 1.165) is 28.1 Å². The third-order valence-corrected chi connectivity index (χ3v) is 5.66. The van der Waals surface area contributed by atoms with Gasteiger partial charge in [-0.2, -0.15) is 0 Å². The third kappa shape index (κ3) is 3.82. The summed E-state index contributed by atoms with van der Waals surface area (Å²) in [5.41, 5.74) is 6.70. The molecule has 0 unspecified atom stereocenters. The maximum atomic E-state index is 13.4. The largest absolute Gasteiger partial charge is 0.317 e. The van der Waals surface area contributed by atoms with Crippen LogP contribution in [0.4, 0.5) is 5.69 Å². The lowest BCUT2D eigenvalue weighted by atomic mass is 10.1. The summed E-state index contributed by atoms with van der Waals surface area (Å²) in [5, 5.41) is 2.75. The maximum Gasteiger partial charge on any atom is 0.270 e. The highest BCUT2D eigenvalue weighted by molar-refractivity contribution is 7.80. The standard InChI is InChI=1S/C25H23N3O2S/c1-15-7-9-21(17(3)12-15)27-11-5-6-19(27)14-20-23(29)26-25(31)28(24(20)30)22-10-8-16(2)13-18(22)4/h5-14H,1-4H3,(H,26,29,31). The first-order valence-corrected chi connectivity index (χ1v) is 10.4. The van der Waals surface area contributed by atoms with Gasteiger partial charge in [-0.25, -0.2) is 0 Å². The fraction of sp³-hybridized carbons (Fsp3) is 0.160. The molecule has 5 nitrogen and oxygen atoms in total. The van der Waals surface area contributed by atoms with Gasteiger partial charge in [-0.05, 0) is 81.4 Å². The van der Waals surface area contributed by atoms with Crippen molar-refractivity contribution in [2.24, 2.45) is 0 Å². The first kappa shape index (κ1) is 20.8. The molecule has 4 rings (SSSR count). The number of hydrogen-bond acceptors (Lipinski definition) is 3. The minimum absolute atomic E-state index is 0.0401. The van der Waals surface area contributed by atoms with Gasteiger partial charge in [0, 0.05) is 17.6 Å². The molecule has 0 aliphatic carbocycles. The second-order valence-corrected chi connectivity index (χ2v) is 8.23. The molecule has 6 heteroatoms. The van der Waals surface area contributed by atoms with E-state index in [2.05, 4.69) is 11.4 Å². The van der Waals surface area contributed by atoms with E-state index < -0.39 is 11.8 Å². The highest BCUT2D eigenvalue weighted by Crippen LogP contribution is 2.27. The van der Waals surface area contributed by atoms with E-state index in [1.165, 1.54) is 10.5 Å². The Morgan fingerprint density at radius 3 is 2.10 bits per heavy atom. The Hall–Kier alpha value is -3.51. The van der Waals surface area contributed by atoms with Crippen LogP contribution >= 0.6 is 12.2 Å². The number of anilines is 1. The number of nitrogens with one attached hydrogen (secondary N) is 1. The van der Waals surface area contributed by atoms with Crippen LogP contribution in [0.2, 0.25) is 0 Å². The molecule has 31 heavy (non-hydrogen) atoms. The Morgan fingerprint density at radius 1 is 0.871 bits per heavy atom. The zero-order valence-electron chi connectivity index (χ0n) is 17.9. The first-order chi connectivity index (χ1) is 14.8.